The van der Waals surface area contributed by atoms with Gasteiger partial charge in [0, 0.05) is 36.6 Å². The van der Waals surface area contributed by atoms with E-state index in [2.05, 4.69) is 9.88 Å². The van der Waals surface area contributed by atoms with E-state index in [1.807, 2.05) is 23.4 Å². The fourth-order valence-corrected chi connectivity index (χ4v) is 4.84. The Morgan fingerprint density at radius 3 is 3.04 bits per heavy atom. The molecule has 2 fully saturated rings. The zero-order valence-corrected chi connectivity index (χ0v) is 14.8. The molecule has 1 amide bonds. The van der Waals surface area contributed by atoms with Crippen LogP contribution in [0, 0.1) is 12.3 Å². The van der Waals surface area contributed by atoms with Crippen molar-refractivity contribution < 1.29 is 9.21 Å². The summed E-state index contributed by atoms with van der Waals surface area (Å²) in [6.07, 6.45) is 7.01. The highest BCUT2D eigenvalue weighted by atomic mass is 32.1. The van der Waals surface area contributed by atoms with Crippen LogP contribution in [0.15, 0.2) is 28.3 Å². The molecule has 2 aliphatic heterocycles. The van der Waals surface area contributed by atoms with Crippen LogP contribution in [-0.2, 0) is 6.54 Å². The molecule has 2 aromatic heterocycles. The third-order valence-electron chi connectivity index (χ3n) is 5.40. The van der Waals surface area contributed by atoms with E-state index in [0.29, 0.717) is 5.56 Å². The van der Waals surface area contributed by atoms with Crippen LogP contribution in [0.3, 0.4) is 0 Å². The number of carbonyl (C=O) groups excluding carboxylic acids is 1. The van der Waals surface area contributed by atoms with Crippen LogP contribution >= 0.6 is 11.3 Å². The van der Waals surface area contributed by atoms with Crippen molar-refractivity contribution in [2.45, 2.75) is 32.7 Å². The molecule has 0 bridgehead atoms. The largest absolute Gasteiger partial charge is 0.469 e. The van der Waals surface area contributed by atoms with E-state index >= 15 is 0 Å². The molecular formula is C18H23N3O2S. The highest BCUT2D eigenvalue weighted by Crippen LogP contribution is 2.40. The number of hydrogen-bond donors (Lipinski definition) is 0. The van der Waals surface area contributed by atoms with E-state index in [0.717, 1.165) is 44.9 Å². The second kappa shape index (κ2) is 6.33. The van der Waals surface area contributed by atoms with Gasteiger partial charge in [0.2, 0.25) is 0 Å². The number of piperidine rings is 1. The fourth-order valence-electron chi connectivity index (χ4n) is 4.19. The maximum absolute atomic E-state index is 12.7. The van der Waals surface area contributed by atoms with Gasteiger partial charge in [-0.2, -0.15) is 0 Å². The Bertz CT molecular complexity index is 712. The maximum atomic E-state index is 12.7. The molecule has 6 heteroatoms. The van der Waals surface area contributed by atoms with Gasteiger partial charge < -0.3 is 9.32 Å². The monoisotopic (exact) mass is 345 g/mol. The summed E-state index contributed by atoms with van der Waals surface area (Å²) in [7, 11) is 0. The molecule has 1 spiro atoms. The minimum absolute atomic E-state index is 0.121. The van der Waals surface area contributed by atoms with Crippen LogP contribution < -0.4 is 0 Å². The maximum Gasteiger partial charge on any atom is 0.257 e. The number of nitrogens with zero attached hydrogens (tertiary/aromatic N) is 3. The van der Waals surface area contributed by atoms with E-state index in [9.17, 15) is 4.79 Å². The minimum atomic E-state index is 0.121. The average molecular weight is 345 g/mol. The Kier molecular flexibility index (Phi) is 4.18. The minimum Gasteiger partial charge on any atom is -0.469 e. The number of likely N-dealkylation sites (tertiary alicyclic amines) is 2. The Morgan fingerprint density at radius 2 is 2.29 bits per heavy atom. The Labute approximate surface area is 146 Å². The summed E-state index contributed by atoms with van der Waals surface area (Å²) < 4.78 is 5.30. The predicted molar refractivity (Wildman–Crippen MR) is 93.0 cm³/mol. The smallest absolute Gasteiger partial charge is 0.257 e. The lowest BCUT2D eigenvalue weighted by Crippen LogP contribution is -2.45. The van der Waals surface area contributed by atoms with Gasteiger partial charge in [-0.05, 0) is 38.8 Å². The van der Waals surface area contributed by atoms with E-state index < -0.39 is 0 Å². The highest BCUT2D eigenvalue weighted by Gasteiger charge is 2.43. The second-order valence-electron chi connectivity index (χ2n) is 7.11. The number of carbonyl (C=O) groups is 1. The molecular weight excluding hydrogens is 322 g/mol. The van der Waals surface area contributed by atoms with Crippen molar-refractivity contribution in [3.8, 4) is 0 Å². The standard InChI is InChI=1S/C18H23N3O2S/c1-14-15(3-9-23-14)17(22)21-8-5-18(13-21)4-2-7-20(12-18)11-16-19-6-10-24-16/h3,6,9-10H,2,4-5,7-8,11-13H2,1H3. The topological polar surface area (TPSA) is 49.6 Å². The number of rotatable bonds is 3. The number of aryl methyl sites for hydroxylation is 1. The first kappa shape index (κ1) is 15.8. The quantitative estimate of drug-likeness (QED) is 0.857. The van der Waals surface area contributed by atoms with E-state index in [1.165, 1.54) is 17.8 Å². The van der Waals surface area contributed by atoms with Gasteiger partial charge in [-0.15, -0.1) is 11.3 Å². The third kappa shape index (κ3) is 3.00. The van der Waals surface area contributed by atoms with Gasteiger partial charge in [0.15, 0.2) is 0 Å². The molecule has 5 nitrogen and oxygen atoms in total. The first-order valence-electron chi connectivity index (χ1n) is 8.59. The number of hydrogen-bond acceptors (Lipinski definition) is 5. The van der Waals surface area contributed by atoms with Gasteiger partial charge in [0.1, 0.15) is 10.8 Å². The fraction of sp³-hybridized carbons (Fsp3) is 0.556. The number of aromatic nitrogens is 1. The summed E-state index contributed by atoms with van der Waals surface area (Å²) in [4.78, 5) is 21.7. The molecule has 4 heterocycles. The molecule has 4 rings (SSSR count). The van der Waals surface area contributed by atoms with Crippen molar-refractivity contribution in [2.24, 2.45) is 5.41 Å². The van der Waals surface area contributed by atoms with Crippen LogP contribution in [0.4, 0.5) is 0 Å². The number of thiazole rings is 1. The zero-order chi connectivity index (χ0) is 16.6. The van der Waals surface area contributed by atoms with Crippen LogP contribution in [-0.4, -0.2) is 46.9 Å². The van der Waals surface area contributed by atoms with Gasteiger partial charge in [-0.3, -0.25) is 9.69 Å². The summed E-state index contributed by atoms with van der Waals surface area (Å²) in [5, 5.41) is 3.23. The van der Waals surface area contributed by atoms with Crippen molar-refractivity contribution in [1.29, 1.82) is 0 Å². The summed E-state index contributed by atoms with van der Waals surface area (Å²) in [6, 6.07) is 1.79. The summed E-state index contributed by atoms with van der Waals surface area (Å²) in [5.41, 5.74) is 0.963. The molecule has 1 unspecified atom stereocenters. The normalized spacial score (nSPS) is 24.8. The van der Waals surface area contributed by atoms with Crippen LogP contribution in [0.25, 0.3) is 0 Å². The predicted octanol–water partition coefficient (Wildman–Crippen LogP) is 3.17. The molecule has 24 heavy (non-hydrogen) atoms. The molecule has 0 N–H and O–H groups in total. The van der Waals surface area contributed by atoms with Crippen LogP contribution in [0.2, 0.25) is 0 Å². The molecule has 1 atom stereocenters. The third-order valence-corrected chi connectivity index (χ3v) is 6.16. The molecule has 0 aromatic carbocycles. The highest BCUT2D eigenvalue weighted by molar-refractivity contribution is 7.09. The zero-order valence-electron chi connectivity index (χ0n) is 14.0. The molecule has 0 aliphatic carbocycles. The molecule has 0 radical (unpaired) electrons. The SMILES string of the molecule is Cc1occc1C(=O)N1CCC2(CCCN(Cc3nccs3)C2)C1. The Hall–Kier alpha value is -1.66. The number of amides is 1. The second-order valence-corrected chi connectivity index (χ2v) is 8.09. The number of furan rings is 1. The van der Waals surface area contributed by atoms with Gasteiger partial charge >= 0.3 is 0 Å². The van der Waals surface area contributed by atoms with E-state index in [1.54, 1.807) is 23.7 Å². The van der Waals surface area contributed by atoms with Crippen molar-refractivity contribution in [2.75, 3.05) is 26.2 Å². The van der Waals surface area contributed by atoms with E-state index in [-0.39, 0.29) is 11.3 Å². The van der Waals surface area contributed by atoms with Gasteiger partial charge in [-0.25, -0.2) is 4.98 Å². The van der Waals surface area contributed by atoms with Crippen molar-refractivity contribution in [3.63, 3.8) is 0 Å². The summed E-state index contributed by atoms with van der Waals surface area (Å²) in [6.45, 7) is 6.72. The van der Waals surface area contributed by atoms with Crippen LogP contribution in [0.1, 0.15) is 40.4 Å². The Balaban J connectivity index is 1.43. The Morgan fingerprint density at radius 1 is 1.38 bits per heavy atom. The van der Waals surface area contributed by atoms with Crippen LogP contribution in [0.5, 0.6) is 0 Å². The average Bonchev–Trinajstić information content (AvgIpc) is 3.29. The lowest BCUT2D eigenvalue weighted by atomic mass is 9.79. The molecule has 2 aromatic rings. The summed E-state index contributed by atoms with van der Waals surface area (Å²) >= 11 is 1.73. The van der Waals surface area contributed by atoms with Gasteiger partial charge in [0.05, 0.1) is 18.4 Å². The van der Waals surface area contributed by atoms with Crippen molar-refractivity contribution in [1.82, 2.24) is 14.8 Å². The van der Waals surface area contributed by atoms with Crippen molar-refractivity contribution >= 4 is 17.2 Å². The first-order chi connectivity index (χ1) is 11.7. The molecule has 128 valence electrons. The molecule has 2 aliphatic rings. The summed E-state index contributed by atoms with van der Waals surface area (Å²) in [5.74, 6) is 0.838. The lowest BCUT2D eigenvalue weighted by molar-refractivity contribution is 0.0674. The van der Waals surface area contributed by atoms with Crippen molar-refractivity contribution in [3.05, 3.63) is 40.2 Å². The molecule has 2 saturated heterocycles. The molecule has 0 saturated carbocycles. The van der Waals surface area contributed by atoms with Gasteiger partial charge in [-0.1, -0.05) is 0 Å². The van der Waals surface area contributed by atoms with Gasteiger partial charge in [0.25, 0.3) is 5.91 Å². The van der Waals surface area contributed by atoms with E-state index in [4.69, 9.17) is 4.42 Å². The first-order valence-corrected chi connectivity index (χ1v) is 9.47. The lowest BCUT2D eigenvalue weighted by Gasteiger charge is -2.40.